The third kappa shape index (κ3) is 3.79. The molecule has 2 N–H and O–H groups in total. The molecule has 0 bridgehead atoms. The number of aliphatic hydroxyl groups is 1. The molecule has 0 aromatic carbocycles. The molecule has 2 aromatic rings. The number of hydrogen-bond donors (Lipinski definition) is 2. The van der Waals surface area contributed by atoms with Gasteiger partial charge in [0, 0.05) is 29.2 Å². The number of hydrogen-bond acceptors (Lipinski definition) is 3. The fraction of sp³-hybridized carbons (Fsp3) is 0.444. The molecule has 0 saturated heterocycles. The van der Waals surface area contributed by atoms with Crippen LogP contribution in [-0.2, 0) is 6.54 Å². The molecule has 0 saturated carbocycles. The molecule has 0 aliphatic carbocycles. The van der Waals surface area contributed by atoms with Gasteiger partial charge in [-0.2, -0.15) is 0 Å². The zero-order chi connectivity index (χ0) is 17.1. The number of aliphatic hydroxyl groups excluding tert-OH is 1. The maximum atomic E-state index is 12.3. The van der Waals surface area contributed by atoms with Crippen molar-refractivity contribution >= 4 is 5.91 Å². The molecule has 0 spiro atoms. The molecule has 2 rings (SSSR count). The molecular formula is C18H25N3O2. The van der Waals surface area contributed by atoms with Gasteiger partial charge in [-0.15, -0.1) is 0 Å². The number of amides is 1. The van der Waals surface area contributed by atoms with Gasteiger partial charge in [-0.05, 0) is 46.8 Å². The maximum Gasteiger partial charge on any atom is 0.253 e. The molecule has 23 heavy (non-hydrogen) atoms. The van der Waals surface area contributed by atoms with Gasteiger partial charge in [0.1, 0.15) is 0 Å². The Hall–Kier alpha value is -2.14. The van der Waals surface area contributed by atoms with E-state index in [0.29, 0.717) is 18.2 Å². The summed E-state index contributed by atoms with van der Waals surface area (Å²) in [5, 5.41) is 12.5. The normalized spacial score (nSPS) is 12.5. The van der Waals surface area contributed by atoms with Crippen LogP contribution in [0.15, 0.2) is 24.4 Å². The first-order chi connectivity index (χ1) is 10.8. The van der Waals surface area contributed by atoms with Crippen LogP contribution in [0.1, 0.15) is 65.9 Å². The van der Waals surface area contributed by atoms with Crippen molar-refractivity contribution in [1.29, 1.82) is 0 Å². The summed E-state index contributed by atoms with van der Waals surface area (Å²) < 4.78 is 2.08. The van der Waals surface area contributed by atoms with Crippen molar-refractivity contribution in [2.75, 3.05) is 0 Å². The molecule has 1 atom stereocenters. The smallest absolute Gasteiger partial charge is 0.253 e. The van der Waals surface area contributed by atoms with Gasteiger partial charge < -0.3 is 15.0 Å². The minimum absolute atomic E-state index is 0.0963. The van der Waals surface area contributed by atoms with Crippen LogP contribution in [0.3, 0.4) is 0 Å². The number of nitrogens with one attached hydrogen (secondary N) is 1. The second-order valence-electron chi connectivity index (χ2n) is 6.15. The summed E-state index contributed by atoms with van der Waals surface area (Å²) in [5.74, 6) is -0.0963. The molecular weight excluding hydrogens is 290 g/mol. The summed E-state index contributed by atoms with van der Waals surface area (Å²) in [5.41, 5.74) is 4.03. The van der Waals surface area contributed by atoms with Crippen LogP contribution in [-0.4, -0.2) is 20.6 Å². The summed E-state index contributed by atoms with van der Waals surface area (Å²) in [7, 11) is 0. The first kappa shape index (κ1) is 17.2. The van der Waals surface area contributed by atoms with Gasteiger partial charge in [-0.3, -0.25) is 9.78 Å². The van der Waals surface area contributed by atoms with Crippen LogP contribution in [0.25, 0.3) is 0 Å². The van der Waals surface area contributed by atoms with Gasteiger partial charge in [0.2, 0.25) is 0 Å². The largest absolute Gasteiger partial charge is 0.389 e. The highest BCUT2D eigenvalue weighted by Crippen LogP contribution is 2.17. The van der Waals surface area contributed by atoms with Crippen LogP contribution in [0.5, 0.6) is 0 Å². The van der Waals surface area contributed by atoms with Crippen LogP contribution >= 0.6 is 0 Å². The van der Waals surface area contributed by atoms with E-state index >= 15 is 0 Å². The lowest BCUT2D eigenvalue weighted by molar-refractivity contribution is 0.0949. The number of aromatic nitrogens is 2. The quantitative estimate of drug-likeness (QED) is 0.891. The summed E-state index contributed by atoms with van der Waals surface area (Å²) >= 11 is 0. The molecule has 0 radical (unpaired) electrons. The number of rotatable bonds is 5. The van der Waals surface area contributed by atoms with Crippen molar-refractivity contribution in [2.24, 2.45) is 0 Å². The Kier molecular flexibility index (Phi) is 5.21. The van der Waals surface area contributed by atoms with E-state index in [1.807, 2.05) is 38.2 Å². The monoisotopic (exact) mass is 315 g/mol. The van der Waals surface area contributed by atoms with E-state index in [0.717, 1.165) is 22.6 Å². The molecule has 1 amide bonds. The number of aryl methyl sites for hydroxylation is 1. The van der Waals surface area contributed by atoms with Crippen LogP contribution in [0.4, 0.5) is 0 Å². The topological polar surface area (TPSA) is 67.2 Å². The Morgan fingerprint density at radius 3 is 2.48 bits per heavy atom. The van der Waals surface area contributed by atoms with E-state index in [1.165, 1.54) is 0 Å². The molecule has 0 aliphatic rings. The summed E-state index contributed by atoms with van der Waals surface area (Å²) in [6, 6.07) is 5.87. The molecule has 0 aliphatic heterocycles. The number of nitrogens with zero attached hydrogens (tertiary/aromatic N) is 2. The predicted molar refractivity (Wildman–Crippen MR) is 90.3 cm³/mol. The SMILES string of the molecule is Cc1nc(CNC(=O)c2ccn(C(C)C)c2C)ccc1[C@H](C)O. The molecule has 0 fully saturated rings. The molecule has 2 heterocycles. The Morgan fingerprint density at radius 2 is 1.96 bits per heavy atom. The van der Waals surface area contributed by atoms with Crippen LogP contribution in [0, 0.1) is 13.8 Å². The van der Waals surface area contributed by atoms with Gasteiger partial charge in [0.25, 0.3) is 5.91 Å². The molecule has 2 aromatic heterocycles. The third-order valence-electron chi connectivity index (χ3n) is 4.04. The number of carbonyl (C=O) groups excluding carboxylic acids is 1. The molecule has 5 heteroatoms. The van der Waals surface area contributed by atoms with Crippen molar-refractivity contribution < 1.29 is 9.90 Å². The van der Waals surface area contributed by atoms with Gasteiger partial charge >= 0.3 is 0 Å². The zero-order valence-electron chi connectivity index (χ0n) is 14.4. The van der Waals surface area contributed by atoms with Crippen molar-refractivity contribution in [3.05, 3.63) is 52.6 Å². The van der Waals surface area contributed by atoms with Crippen LogP contribution in [0.2, 0.25) is 0 Å². The number of carbonyl (C=O) groups is 1. The van der Waals surface area contributed by atoms with Gasteiger partial charge in [-0.1, -0.05) is 6.07 Å². The first-order valence-electron chi connectivity index (χ1n) is 7.91. The third-order valence-corrected chi connectivity index (χ3v) is 4.04. The minimum atomic E-state index is -0.537. The second-order valence-corrected chi connectivity index (χ2v) is 6.15. The fourth-order valence-corrected chi connectivity index (χ4v) is 2.76. The summed E-state index contributed by atoms with van der Waals surface area (Å²) in [6.45, 7) is 10.1. The van der Waals surface area contributed by atoms with Crippen molar-refractivity contribution in [1.82, 2.24) is 14.9 Å². The first-order valence-corrected chi connectivity index (χ1v) is 7.91. The van der Waals surface area contributed by atoms with E-state index in [4.69, 9.17) is 0 Å². The highest BCUT2D eigenvalue weighted by Gasteiger charge is 2.14. The Morgan fingerprint density at radius 1 is 1.26 bits per heavy atom. The fourth-order valence-electron chi connectivity index (χ4n) is 2.76. The lowest BCUT2D eigenvalue weighted by Gasteiger charge is -2.12. The Bertz CT molecular complexity index is 702. The summed E-state index contributed by atoms with van der Waals surface area (Å²) in [6.07, 6.45) is 1.40. The van der Waals surface area contributed by atoms with Crippen molar-refractivity contribution in [2.45, 2.75) is 53.3 Å². The van der Waals surface area contributed by atoms with Gasteiger partial charge in [-0.25, -0.2) is 0 Å². The van der Waals surface area contributed by atoms with Crippen molar-refractivity contribution in [3.8, 4) is 0 Å². The van der Waals surface area contributed by atoms with E-state index in [1.54, 1.807) is 6.92 Å². The highest BCUT2D eigenvalue weighted by molar-refractivity contribution is 5.95. The lowest BCUT2D eigenvalue weighted by atomic mass is 10.1. The lowest BCUT2D eigenvalue weighted by Crippen LogP contribution is -2.24. The molecule has 124 valence electrons. The Labute approximate surface area is 137 Å². The zero-order valence-corrected chi connectivity index (χ0v) is 14.4. The van der Waals surface area contributed by atoms with Crippen molar-refractivity contribution in [3.63, 3.8) is 0 Å². The number of pyridine rings is 1. The van der Waals surface area contributed by atoms with Gasteiger partial charge in [0.15, 0.2) is 0 Å². The molecule has 5 nitrogen and oxygen atoms in total. The molecule has 0 unspecified atom stereocenters. The van der Waals surface area contributed by atoms with E-state index in [-0.39, 0.29) is 5.91 Å². The Balaban J connectivity index is 2.06. The standard InChI is InChI=1S/C18H25N3O2/c1-11(2)21-9-8-17(13(21)4)18(23)19-10-15-6-7-16(14(5)22)12(3)20-15/h6-9,11,14,22H,10H2,1-5H3,(H,19,23)/t14-/m0/s1. The predicted octanol–water partition coefficient (Wildman–Crippen LogP) is 3.06. The maximum absolute atomic E-state index is 12.3. The van der Waals surface area contributed by atoms with Gasteiger partial charge in [0.05, 0.1) is 23.9 Å². The average molecular weight is 315 g/mol. The van der Waals surface area contributed by atoms with Crippen LogP contribution < -0.4 is 5.32 Å². The second kappa shape index (κ2) is 6.96. The van der Waals surface area contributed by atoms with E-state index in [2.05, 4.69) is 28.7 Å². The minimum Gasteiger partial charge on any atom is -0.389 e. The van der Waals surface area contributed by atoms with E-state index in [9.17, 15) is 9.90 Å². The van der Waals surface area contributed by atoms with E-state index < -0.39 is 6.10 Å². The summed E-state index contributed by atoms with van der Waals surface area (Å²) in [4.78, 5) is 16.8. The average Bonchev–Trinajstić information content (AvgIpc) is 2.86. The highest BCUT2D eigenvalue weighted by atomic mass is 16.3.